The van der Waals surface area contributed by atoms with Crippen LogP contribution in [0.1, 0.15) is 18.2 Å². The van der Waals surface area contributed by atoms with Gasteiger partial charge in [-0.2, -0.15) is 0 Å². The Balaban J connectivity index is 2.56. The lowest BCUT2D eigenvalue weighted by Crippen LogP contribution is -1.92. The Hall–Kier alpha value is -1.97. The lowest BCUT2D eigenvalue weighted by atomic mass is 10.0. The summed E-state index contributed by atoms with van der Waals surface area (Å²) in [5, 5.41) is 3.80. The van der Waals surface area contributed by atoms with Gasteiger partial charge in [0.25, 0.3) is 0 Å². The number of rotatable bonds is 3. The maximum Gasteiger partial charge on any atom is 0.175 e. The van der Waals surface area contributed by atoms with Crippen LogP contribution in [-0.2, 0) is 6.42 Å². The highest BCUT2D eigenvalue weighted by molar-refractivity contribution is 5.76. The van der Waals surface area contributed by atoms with Gasteiger partial charge in [0.1, 0.15) is 11.5 Å². The third kappa shape index (κ3) is 1.98. The first-order valence-electron chi connectivity index (χ1n) is 5.56. The molecule has 0 aliphatic rings. The highest BCUT2D eigenvalue weighted by atomic mass is 16.5. The summed E-state index contributed by atoms with van der Waals surface area (Å²) < 4.78 is 10.5. The number of aromatic nitrogens is 1. The van der Waals surface area contributed by atoms with Crippen molar-refractivity contribution in [3.8, 4) is 16.9 Å². The van der Waals surface area contributed by atoms with Crippen LogP contribution in [0.3, 0.4) is 0 Å². The number of nitrogens with two attached hydrogens (primary N) is 1. The highest BCUT2D eigenvalue weighted by Crippen LogP contribution is 2.33. The summed E-state index contributed by atoms with van der Waals surface area (Å²) in [6.45, 7) is 4.01. The van der Waals surface area contributed by atoms with Crippen LogP contribution < -0.4 is 10.5 Å². The first-order chi connectivity index (χ1) is 8.17. The second-order valence-electron chi connectivity index (χ2n) is 3.90. The number of aryl methyl sites for hydroxylation is 2. The standard InChI is InChI=1S/C13H16N2O2/c1-4-10-12(13(14)15-17-10)9-6-5-8(2)11(7-9)16-3/h5-7H,4H2,1-3H3,(H2,14,15). The van der Waals surface area contributed by atoms with E-state index in [1.807, 2.05) is 32.0 Å². The summed E-state index contributed by atoms with van der Waals surface area (Å²) in [5.74, 6) is 2.06. The van der Waals surface area contributed by atoms with Crippen LogP contribution >= 0.6 is 0 Å². The van der Waals surface area contributed by atoms with Gasteiger partial charge in [-0.1, -0.05) is 24.2 Å². The fourth-order valence-corrected chi connectivity index (χ4v) is 1.86. The average molecular weight is 232 g/mol. The third-order valence-electron chi connectivity index (χ3n) is 2.81. The number of methoxy groups -OCH3 is 1. The summed E-state index contributed by atoms with van der Waals surface area (Å²) in [5.41, 5.74) is 8.76. The van der Waals surface area contributed by atoms with E-state index >= 15 is 0 Å². The van der Waals surface area contributed by atoms with Gasteiger partial charge >= 0.3 is 0 Å². The summed E-state index contributed by atoms with van der Waals surface area (Å²) in [6.07, 6.45) is 0.760. The van der Waals surface area contributed by atoms with E-state index < -0.39 is 0 Å². The number of anilines is 1. The molecule has 2 N–H and O–H groups in total. The minimum Gasteiger partial charge on any atom is -0.496 e. The van der Waals surface area contributed by atoms with Crippen LogP contribution in [0.15, 0.2) is 22.7 Å². The molecule has 0 fully saturated rings. The normalized spacial score (nSPS) is 10.5. The number of hydrogen-bond acceptors (Lipinski definition) is 4. The first-order valence-corrected chi connectivity index (χ1v) is 5.56. The summed E-state index contributed by atoms with van der Waals surface area (Å²) >= 11 is 0. The van der Waals surface area contributed by atoms with Crippen LogP contribution in [0, 0.1) is 6.92 Å². The number of hydrogen-bond donors (Lipinski definition) is 1. The van der Waals surface area contributed by atoms with Gasteiger partial charge in [0.2, 0.25) is 0 Å². The van der Waals surface area contributed by atoms with E-state index in [0.29, 0.717) is 5.82 Å². The van der Waals surface area contributed by atoms with Gasteiger partial charge in [-0.05, 0) is 24.1 Å². The lowest BCUT2D eigenvalue weighted by Gasteiger charge is -2.07. The molecule has 90 valence electrons. The third-order valence-corrected chi connectivity index (χ3v) is 2.81. The minimum absolute atomic E-state index is 0.424. The van der Waals surface area contributed by atoms with E-state index in [1.54, 1.807) is 7.11 Å². The van der Waals surface area contributed by atoms with E-state index in [1.165, 1.54) is 0 Å². The first kappa shape index (κ1) is 11.5. The molecule has 2 aromatic rings. The molecular weight excluding hydrogens is 216 g/mol. The largest absolute Gasteiger partial charge is 0.496 e. The highest BCUT2D eigenvalue weighted by Gasteiger charge is 2.15. The molecule has 1 aromatic carbocycles. The van der Waals surface area contributed by atoms with Gasteiger partial charge in [-0.15, -0.1) is 0 Å². The van der Waals surface area contributed by atoms with Crippen molar-refractivity contribution in [2.75, 3.05) is 12.8 Å². The van der Waals surface area contributed by atoms with Gasteiger partial charge in [-0.25, -0.2) is 0 Å². The lowest BCUT2D eigenvalue weighted by molar-refractivity contribution is 0.390. The Morgan fingerprint density at radius 1 is 1.41 bits per heavy atom. The molecule has 2 rings (SSSR count). The number of nitrogen functional groups attached to an aromatic ring is 1. The van der Waals surface area contributed by atoms with E-state index in [4.69, 9.17) is 15.0 Å². The van der Waals surface area contributed by atoms with Crippen molar-refractivity contribution < 1.29 is 9.26 Å². The Morgan fingerprint density at radius 2 is 2.18 bits per heavy atom. The molecule has 17 heavy (non-hydrogen) atoms. The number of ether oxygens (including phenoxy) is 1. The maximum absolute atomic E-state index is 5.83. The molecule has 0 unspecified atom stereocenters. The summed E-state index contributed by atoms with van der Waals surface area (Å²) in [7, 11) is 1.66. The van der Waals surface area contributed by atoms with E-state index in [0.717, 1.165) is 34.6 Å². The summed E-state index contributed by atoms with van der Waals surface area (Å²) in [6, 6.07) is 5.96. The molecule has 4 heteroatoms. The predicted molar refractivity (Wildman–Crippen MR) is 67.0 cm³/mol. The van der Waals surface area contributed by atoms with Crippen LogP contribution in [0.5, 0.6) is 5.75 Å². The van der Waals surface area contributed by atoms with Crippen LogP contribution in [-0.4, -0.2) is 12.3 Å². The zero-order valence-electron chi connectivity index (χ0n) is 10.3. The van der Waals surface area contributed by atoms with E-state index in [-0.39, 0.29) is 0 Å². The van der Waals surface area contributed by atoms with Crippen molar-refractivity contribution in [1.82, 2.24) is 5.16 Å². The molecule has 0 aliphatic carbocycles. The molecular formula is C13H16N2O2. The average Bonchev–Trinajstić information content (AvgIpc) is 2.71. The quantitative estimate of drug-likeness (QED) is 0.883. The van der Waals surface area contributed by atoms with Crippen molar-refractivity contribution in [2.24, 2.45) is 0 Å². The monoisotopic (exact) mass is 232 g/mol. The van der Waals surface area contributed by atoms with Crippen molar-refractivity contribution >= 4 is 5.82 Å². The zero-order chi connectivity index (χ0) is 12.4. The van der Waals surface area contributed by atoms with Gasteiger partial charge < -0.3 is 15.0 Å². The fraction of sp³-hybridized carbons (Fsp3) is 0.308. The predicted octanol–water partition coefficient (Wildman–Crippen LogP) is 2.80. The smallest absolute Gasteiger partial charge is 0.175 e. The molecule has 4 nitrogen and oxygen atoms in total. The second-order valence-corrected chi connectivity index (χ2v) is 3.90. The Morgan fingerprint density at radius 3 is 2.82 bits per heavy atom. The van der Waals surface area contributed by atoms with Crippen molar-refractivity contribution in [3.63, 3.8) is 0 Å². The Bertz CT molecular complexity index is 532. The van der Waals surface area contributed by atoms with Gasteiger partial charge in [0.15, 0.2) is 5.82 Å². The van der Waals surface area contributed by atoms with Gasteiger partial charge in [0, 0.05) is 6.42 Å². The molecule has 0 radical (unpaired) electrons. The Labute approximate surface area is 100 Å². The summed E-state index contributed by atoms with van der Waals surface area (Å²) in [4.78, 5) is 0. The van der Waals surface area contributed by atoms with Crippen LogP contribution in [0.2, 0.25) is 0 Å². The minimum atomic E-state index is 0.424. The molecule has 0 amide bonds. The number of nitrogens with zero attached hydrogens (tertiary/aromatic N) is 1. The van der Waals surface area contributed by atoms with Gasteiger partial charge in [0.05, 0.1) is 12.7 Å². The molecule has 0 saturated heterocycles. The number of benzene rings is 1. The fourth-order valence-electron chi connectivity index (χ4n) is 1.86. The van der Waals surface area contributed by atoms with Crippen molar-refractivity contribution in [3.05, 3.63) is 29.5 Å². The van der Waals surface area contributed by atoms with Gasteiger partial charge in [-0.3, -0.25) is 0 Å². The molecule has 1 heterocycles. The molecule has 0 spiro atoms. The molecule has 0 atom stereocenters. The molecule has 0 bridgehead atoms. The van der Waals surface area contributed by atoms with E-state index in [9.17, 15) is 0 Å². The van der Waals surface area contributed by atoms with Crippen LogP contribution in [0.25, 0.3) is 11.1 Å². The topological polar surface area (TPSA) is 61.3 Å². The maximum atomic E-state index is 5.83. The Kier molecular flexibility index (Phi) is 3.04. The zero-order valence-corrected chi connectivity index (χ0v) is 10.3. The molecule has 0 aliphatic heterocycles. The van der Waals surface area contributed by atoms with Crippen molar-refractivity contribution in [1.29, 1.82) is 0 Å². The van der Waals surface area contributed by atoms with Crippen molar-refractivity contribution in [2.45, 2.75) is 20.3 Å². The molecule has 1 aromatic heterocycles. The SMILES string of the molecule is CCc1onc(N)c1-c1ccc(C)c(OC)c1. The molecule has 0 saturated carbocycles. The second kappa shape index (κ2) is 4.49. The van der Waals surface area contributed by atoms with E-state index in [2.05, 4.69) is 5.16 Å². The van der Waals surface area contributed by atoms with Crippen LogP contribution in [0.4, 0.5) is 5.82 Å².